The van der Waals surface area contributed by atoms with Gasteiger partial charge in [-0.1, -0.05) is 0 Å². The predicted molar refractivity (Wildman–Crippen MR) is 60.2 cm³/mol. The van der Waals surface area contributed by atoms with Crippen molar-refractivity contribution in [2.24, 2.45) is 0 Å². The Labute approximate surface area is 94.2 Å². The number of pyridine rings is 1. The summed E-state index contributed by atoms with van der Waals surface area (Å²) >= 11 is 0. The molecule has 5 heteroatoms. The van der Waals surface area contributed by atoms with Crippen LogP contribution in [-0.2, 0) is 4.74 Å². The number of carbonyl (C=O) groups is 1. The second-order valence-corrected chi connectivity index (χ2v) is 3.71. The first-order valence-electron chi connectivity index (χ1n) is 5.41. The van der Waals surface area contributed by atoms with Crippen LogP contribution in [0.1, 0.15) is 12.8 Å². The van der Waals surface area contributed by atoms with Gasteiger partial charge in [0.2, 0.25) is 0 Å². The van der Waals surface area contributed by atoms with Gasteiger partial charge in [-0.15, -0.1) is 0 Å². The molecular weight excluding hydrogens is 206 g/mol. The molecule has 16 heavy (non-hydrogen) atoms. The van der Waals surface area contributed by atoms with Crippen LogP contribution in [0.3, 0.4) is 0 Å². The number of aromatic nitrogens is 1. The maximum absolute atomic E-state index is 11.5. The summed E-state index contributed by atoms with van der Waals surface area (Å²) in [7, 11) is 0. The van der Waals surface area contributed by atoms with Crippen molar-refractivity contribution in [3.8, 4) is 0 Å². The van der Waals surface area contributed by atoms with Gasteiger partial charge in [0.05, 0.1) is 18.0 Å². The minimum absolute atomic E-state index is 0.166. The number of urea groups is 1. The third kappa shape index (κ3) is 3.20. The number of ether oxygens (including phenoxy) is 1. The van der Waals surface area contributed by atoms with Crippen molar-refractivity contribution in [3.05, 3.63) is 24.5 Å². The number of amides is 2. The average Bonchev–Trinajstić information content (AvgIpc) is 2.81. The lowest BCUT2D eigenvalue weighted by atomic mass is 10.2. The van der Waals surface area contributed by atoms with E-state index in [1.54, 1.807) is 24.5 Å². The molecule has 1 aromatic rings. The predicted octanol–water partition coefficient (Wildman–Crippen LogP) is 1.38. The fraction of sp³-hybridized carbons (Fsp3) is 0.455. The molecule has 0 unspecified atom stereocenters. The number of hydrogen-bond acceptors (Lipinski definition) is 3. The lowest BCUT2D eigenvalue weighted by Gasteiger charge is -2.11. The van der Waals surface area contributed by atoms with Crippen LogP contribution in [-0.4, -0.2) is 30.3 Å². The zero-order valence-electron chi connectivity index (χ0n) is 8.98. The van der Waals surface area contributed by atoms with Gasteiger partial charge in [-0.05, 0) is 25.0 Å². The Hall–Kier alpha value is -1.62. The molecule has 2 heterocycles. The van der Waals surface area contributed by atoms with Crippen LogP contribution >= 0.6 is 0 Å². The molecule has 1 fully saturated rings. The quantitative estimate of drug-likeness (QED) is 0.810. The SMILES string of the molecule is O=C(NC[C@H]1CCCO1)Nc1cccnc1. The molecule has 2 rings (SSSR count). The zero-order valence-corrected chi connectivity index (χ0v) is 8.98. The molecule has 0 aromatic carbocycles. The summed E-state index contributed by atoms with van der Waals surface area (Å²) < 4.78 is 5.40. The van der Waals surface area contributed by atoms with Gasteiger partial charge < -0.3 is 15.4 Å². The summed E-state index contributed by atoms with van der Waals surface area (Å²) in [4.78, 5) is 15.4. The molecule has 86 valence electrons. The van der Waals surface area contributed by atoms with Gasteiger partial charge in [0.25, 0.3) is 0 Å². The fourth-order valence-electron chi connectivity index (χ4n) is 1.62. The number of nitrogens with one attached hydrogen (secondary N) is 2. The number of anilines is 1. The van der Waals surface area contributed by atoms with E-state index >= 15 is 0 Å². The third-order valence-electron chi connectivity index (χ3n) is 2.43. The maximum Gasteiger partial charge on any atom is 0.319 e. The zero-order chi connectivity index (χ0) is 11.2. The molecule has 0 radical (unpaired) electrons. The van der Waals surface area contributed by atoms with Crippen molar-refractivity contribution >= 4 is 11.7 Å². The largest absolute Gasteiger partial charge is 0.376 e. The smallest absolute Gasteiger partial charge is 0.319 e. The van der Waals surface area contributed by atoms with Crippen molar-refractivity contribution in [3.63, 3.8) is 0 Å². The minimum Gasteiger partial charge on any atom is -0.376 e. The Kier molecular flexibility index (Phi) is 3.71. The Balaban J connectivity index is 1.72. The molecule has 5 nitrogen and oxygen atoms in total. The monoisotopic (exact) mass is 221 g/mol. The van der Waals surface area contributed by atoms with Crippen LogP contribution in [0.15, 0.2) is 24.5 Å². The first-order valence-corrected chi connectivity index (χ1v) is 5.41. The van der Waals surface area contributed by atoms with Crippen molar-refractivity contribution in [1.82, 2.24) is 10.3 Å². The molecule has 0 aliphatic carbocycles. The van der Waals surface area contributed by atoms with Crippen molar-refractivity contribution in [2.75, 3.05) is 18.5 Å². The van der Waals surface area contributed by atoms with Gasteiger partial charge in [0.1, 0.15) is 0 Å². The molecule has 1 atom stereocenters. The van der Waals surface area contributed by atoms with E-state index in [9.17, 15) is 4.79 Å². The molecule has 0 spiro atoms. The van der Waals surface area contributed by atoms with Gasteiger partial charge in [-0.3, -0.25) is 4.98 Å². The highest BCUT2D eigenvalue weighted by atomic mass is 16.5. The van der Waals surface area contributed by atoms with Crippen LogP contribution in [0.2, 0.25) is 0 Å². The Morgan fingerprint density at radius 3 is 3.25 bits per heavy atom. The van der Waals surface area contributed by atoms with E-state index in [4.69, 9.17) is 4.74 Å². The van der Waals surface area contributed by atoms with E-state index in [0.717, 1.165) is 19.4 Å². The van der Waals surface area contributed by atoms with Gasteiger partial charge in [0.15, 0.2) is 0 Å². The first kappa shape index (κ1) is 10.9. The molecule has 2 N–H and O–H groups in total. The van der Waals surface area contributed by atoms with Crippen LogP contribution in [0.25, 0.3) is 0 Å². The summed E-state index contributed by atoms with van der Waals surface area (Å²) in [6.07, 6.45) is 5.53. The van der Waals surface area contributed by atoms with E-state index in [-0.39, 0.29) is 12.1 Å². The highest BCUT2D eigenvalue weighted by molar-refractivity contribution is 5.88. The van der Waals surface area contributed by atoms with Crippen molar-refractivity contribution < 1.29 is 9.53 Å². The second-order valence-electron chi connectivity index (χ2n) is 3.71. The standard InChI is InChI=1S/C11H15N3O2/c15-11(13-8-10-4-2-6-16-10)14-9-3-1-5-12-7-9/h1,3,5,7,10H,2,4,6,8H2,(H2,13,14,15)/t10-/m1/s1. The van der Waals surface area contributed by atoms with Gasteiger partial charge >= 0.3 is 6.03 Å². The Bertz CT molecular complexity index is 336. The van der Waals surface area contributed by atoms with Crippen molar-refractivity contribution in [1.29, 1.82) is 0 Å². The lowest BCUT2D eigenvalue weighted by molar-refractivity contribution is 0.112. The van der Waals surface area contributed by atoms with Crippen LogP contribution in [0.4, 0.5) is 10.5 Å². The summed E-state index contributed by atoms with van der Waals surface area (Å²) in [5.74, 6) is 0. The normalized spacial score (nSPS) is 19.4. The summed E-state index contributed by atoms with van der Waals surface area (Å²) in [6, 6.07) is 3.34. The number of carbonyl (C=O) groups excluding carboxylic acids is 1. The Morgan fingerprint density at radius 2 is 2.56 bits per heavy atom. The summed E-state index contributed by atoms with van der Waals surface area (Å²) in [5, 5.41) is 5.47. The molecule has 1 aliphatic rings. The highest BCUT2D eigenvalue weighted by Gasteiger charge is 2.15. The summed E-state index contributed by atoms with van der Waals surface area (Å²) in [6.45, 7) is 1.36. The van der Waals surface area contributed by atoms with Crippen LogP contribution in [0.5, 0.6) is 0 Å². The molecule has 0 saturated carbocycles. The topological polar surface area (TPSA) is 63.2 Å². The van der Waals surface area contributed by atoms with E-state index in [1.807, 2.05) is 0 Å². The fourth-order valence-corrected chi connectivity index (χ4v) is 1.62. The molecular formula is C11H15N3O2. The highest BCUT2D eigenvalue weighted by Crippen LogP contribution is 2.10. The minimum atomic E-state index is -0.219. The van der Waals surface area contributed by atoms with E-state index in [1.165, 1.54) is 0 Å². The maximum atomic E-state index is 11.5. The lowest BCUT2D eigenvalue weighted by Crippen LogP contribution is -2.35. The molecule has 2 amide bonds. The summed E-state index contributed by atoms with van der Waals surface area (Å²) in [5.41, 5.74) is 0.687. The number of rotatable bonds is 3. The molecule has 1 saturated heterocycles. The first-order chi connectivity index (χ1) is 7.84. The van der Waals surface area contributed by atoms with Crippen molar-refractivity contribution in [2.45, 2.75) is 18.9 Å². The Morgan fingerprint density at radius 1 is 1.62 bits per heavy atom. The average molecular weight is 221 g/mol. The van der Waals surface area contributed by atoms with E-state index in [0.29, 0.717) is 12.2 Å². The van der Waals surface area contributed by atoms with Crippen LogP contribution < -0.4 is 10.6 Å². The second kappa shape index (κ2) is 5.46. The van der Waals surface area contributed by atoms with Crippen LogP contribution in [0, 0.1) is 0 Å². The van der Waals surface area contributed by atoms with E-state index < -0.39 is 0 Å². The van der Waals surface area contributed by atoms with Gasteiger partial charge in [0, 0.05) is 19.3 Å². The number of nitrogens with zero attached hydrogens (tertiary/aromatic N) is 1. The molecule has 1 aromatic heterocycles. The molecule has 1 aliphatic heterocycles. The van der Waals surface area contributed by atoms with Gasteiger partial charge in [-0.2, -0.15) is 0 Å². The third-order valence-corrected chi connectivity index (χ3v) is 2.43. The van der Waals surface area contributed by atoms with E-state index in [2.05, 4.69) is 15.6 Å². The number of hydrogen-bond donors (Lipinski definition) is 2. The molecule has 0 bridgehead atoms. The van der Waals surface area contributed by atoms with Gasteiger partial charge in [-0.25, -0.2) is 4.79 Å².